The van der Waals surface area contributed by atoms with Gasteiger partial charge in [-0.2, -0.15) is 0 Å². The average molecular weight is 314 g/mol. The van der Waals surface area contributed by atoms with Crippen molar-refractivity contribution >= 4 is 23.5 Å². The highest BCUT2D eigenvalue weighted by Gasteiger charge is 2.29. The standard InChI is InChI=1S/C15H17ClFNO3/c16-10-4-6-13(17)12(9-10)15(21)18-8-2-1-3-11(18)5-7-14(19)20/h4,6,9,11H,1-3,5,7-8H2,(H,19,20)/t11-/m0/s1. The van der Waals surface area contributed by atoms with Crippen LogP contribution in [0.4, 0.5) is 4.39 Å². The first-order valence-electron chi connectivity index (χ1n) is 6.97. The molecule has 1 N–H and O–H groups in total. The second-order valence-electron chi connectivity index (χ2n) is 5.20. The van der Waals surface area contributed by atoms with Crippen molar-refractivity contribution in [2.75, 3.05) is 6.54 Å². The van der Waals surface area contributed by atoms with E-state index in [1.807, 2.05) is 0 Å². The van der Waals surface area contributed by atoms with Gasteiger partial charge in [0.2, 0.25) is 0 Å². The molecule has 6 heteroatoms. The van der Waals surface area contributed by atoms with E-state index < -0.39 is 17.7 Å². The van der Waals surface area contributed by atoms with Crippen molar-refractivity contribution in [3.63, 3.8) is 0 Å². The molecule has 0 aromatic heterocycles. The largest absolute Gasteiger partial charge is 0.481 e. The smallest absolute Gasteiger partial charge is 0.303 e. The Morgan fingerprint density at radius 1 is 1.38 bits per heavy atom. The topological polar surface area (TPSA) is 57.6 Å². The molecular weight excluding hydrogens is 297 g/mol. The van der Waals surface area contributed by atoms with Crippen LogP contribution in [0.15, 0.2) is 18.2 Å². The number of nitrogens with zero attached hydrogens (tertiary/aromatic N) is 1. The number of benzene rings is 1. The van der Waals surface area contributed by atoms with Crippen molar-refractivity contribution in [1.82, 2.24) is 4.90 Å². The monoisotopic (exact) mass is 313 g/mol. The molecule has 1 saturated heterocycles. The van der Waals surface area contributed by atoms with E-state index in [0.29, 0.717) is 18.0 Å². The Labute approximate surface area is 127 Å². The molecule has 0 unspecified atom stereocenters. The first kappa shape index (κ1) is 15.8. The number of hydrogen-bond acceptors (Lipinski definition) is 2. The Bertz CT molecular complexity index is 550. The first-order chi connectivity index (χ1) is 9.99. The number of carboxylic acid groups (broad SMARTS) is 1. The molecule has 1 amide bonds. The van der Waals surface area contributed by atoms with Crippen molar-refractivity contribution < 1.29 is 19.1 Å². The summed E-state index contributed by atoms with van der Waals surface area (Å²) in [5.74, 6) is -1.90. The summed E-state index contributed by atoms with van der Waals surface area (Å²) in [6.07, 6.45) is 2.94. The lowest BCUT2D eigenvalue weighted by atomic mass is 9.97. The Balaban J connectivity index is 2.18. The van der Waals surface area contributed by atoms with E-state index in [1.54, 1.807) is 4.90 Å². The molecule has 2 rings (SSSR count). The fourth-order valence-corrected chi connectivity index (χ4v) is 2.85. The highest BCUT2D eigenvalue weighted by atomic mass is 35.5. The van der Waals surface area contributed by atoms with Gasteiger partial charge >= 0.3 is 5.97 Å². The number of carbonyl (C=O) groups is 2. The minimum atomic E-state index is -0.887. The Morgan fingerprint density at radius 3 is 2.86 bits per heavy atom. The lowest BCUT2D eigenvalue weighted by Crippen LogP contribution is -2.44. The van der Waals surface area contributed by atoms with Crippen LogP contribution in [0.1, 0.15) is 42.5 Å². The van der Waals surface area contributed by atoms with Gasteiger partial charge in [-0.25, -0.2) is 4.39 Å². The van der Waals surface area contributed by atoms with Gasteiger partial charge in [-0.3, -0.25) is 9.59 Å². The highest BCUT2D eigenvalue weighted by Crippen LogP contribution is 2.25. The van der Waals surface area contributed by atoms with E-state index in [-0.39, 0.29) is 18.0 Å². The number of aliphatic carboxylic acids is 1. The summed E-state index contributed by atoms with van der Waals surface area (Å²) in [6.45, 7) is 0.523. The molecule has 0 saturated carbocycles. The van der Waals surface area contributed by atoms with Crippen LogP contribution in [0.3, 0.4) is 0 Å². The normalized spacial score (nSPS) is 18.6. The van der Waals surface area contributed by atoms with E-state index in [0.717, 1.165) is 19.3 Å². The van der Waals surface area contributed by atoms with E-state index >= 15 is 0 Å². The van der Waals surface area contributed by atoms with Crippen LogP contribution >= 0.6 is 11.6 Å². The molecule has 1 aromatic rings. The Kier molecular flexibility index (Phi) is 5.17. The molecule has 21 heavy (non-hydrogen) atoms. The van der Waals surface area contributed by atoms with Crippen LogP contribution in [-0.2, 0) is 4.79 Å². The molecule has 1 atom stereocenters. The fraction of sp³-hybridized carbons (Fsp3) is 0.467. The van der Waals surface area contributed by atoms with Crippen molar-refractivity contribution in [3.8, 4) is 0 Å². The summed E-state index contributed by atoms with van der Waals surface area (Å²) in [5, 5.41) is 9.09. The summed E-state index contributed by atoms with van der Waals surface area (Å²) in [4.78, 5) is 24.8. The third kappa shape index (κ3) is 3.94. The average Bonchev–Trinajstić information content (AvgIpc) is 2.47. The number of hydrogen-bond donors (Lipinski definition) is 1. The van der Waals surface area contributed by atoms with E-state index in [1.165, 1.54) is 18.2 Å². The van der Waals surface area contributed by atoms with Crippen LogP contribution in [0, 0.1) is 5.82 Å². The molecule has 0 aliphatic carbocycles. The molecule has 0 radical (unpaired) electrons. The van der Waals surface area contributed by atoms with Crippen LogP contribution in [-0.4, -0.2) is 34.5 Å². The zero-order valence-electron chi connectivity index (χ0n) is 11.5. The Hall–Kier alpha value is -1.62. The zero-order chi connectivity index (χ0) is 15.4. The summed E-state index contributed by atoms with van der Waals surface area (Å²) in [7, 11) is 0. The van der Waals surface area contributed by atoms with Crippen molar-refractivity contribution in [1.29, 1.82) is 0 Å². The molecule has 1 aromatic carbocycles. The number of amides is 1. The molecule has 0 bridgehead atoms. The summed E-state index contributed by atoms with van der Waals surface area (Å²) < 4.78 is 13.8. The number of carboxylic acids is 1. The van der Waals surface area contributed by atoms with E-state index in [2.05, 4.69) is 0 Å². The molecule has 1 aliphatic heterocycles. The van der Waals surface area contributed by atoms with Crippen LogP contribution in [0.25, 0.3) is 0 Å². The molecule has 0 spiro atoms. The molecule has 4 nitrogen and oxygen atoms in total. The number of likely N-dealkylation sites (tertiary alicyclic amines) is 1. The Morgan fingerprint density at radius 2 is 2.14 bits per heavy atom. The molecule has 1 heterocycles. The van der Waals surface area contributed by atoms with E-state index in [4.69, 9.17) is 16.7 Å². The summed E-state index contributed by atoms with van der Waals surface area (Å²) >= 11 is 5.82. The minimum absolute atomic E-state index is 0.00642. The SMILES string of the molecule is O=C(O)CC[C@@H]1CCCCN1C(=O)c1cc(Cl)ccc1F. The molecule has 1 aliphatic rings. The highest BCUT2D eigenvalue weighted by molar-refractivity contribution is 6.31. The third-order valence-electron chi connectivity index (χ3n) is 3.74. The van der Waals surface area contributed by atoms with Crippen LogP contribution in [0.5, 0.6) is 0 Å². The van der Waals surface area contributed by atoms with Crippen molar-refractivity contribution in [3.05, 3.63) is 34.6 Å². The van der Waals surface area contributed by atoms with Gasteiger partial charge in [0, 0.05) is 24.0 Å². The molecule has 114 valence electrons. The second-order valence-corrected chi connectivity index (χ2v) is 5.64. The third-order valence-corrected chi connectivity index (χ3v) is 3.97. The van der Waals surface area contributed by atoms with Crippen molar-refractivity contribution in [2.24, 2.45) is 0 Å². The van der Waals surface area contributed by atoms with Crippen molar-refractivity contribution in [2.45, 2.75) is 38.1 Å². The number of halogens is 2. The predicted molar refractivity (Wildman–Crippen MR) is 77.0 cm³/mol. The molecule has 1 fully saturated rings. The van der Waals surface area contributed by atoms with Crippen LogP contribution in [0.2, 0.25) is 5.02 Å². The van der Waals surface area contributed by atoms with Gasteiger partial charge in [-0.1, -0.05) is 11.6 Å². The van der Waals surface area contributed by atoms with Gasteiger partial charge < -0.3 is 10.0 Å². The maximum atomic E-state index is 13.8. The summed E-state index contributed by atoms with van der Waals surface area (Å²) in [6, 6.07) is 3.74. The first-order valence-corrected chi connectivity index (χ1v) is 7.34. The predicted octanol–water partition coefficient (Wildman–Crippen LogP) is 3.34. The quantitative estimate of drug-likeness (QED) is 0.927. The van der Waals surface area contributed by atoms with Gasteiger partial charge in [0.05, 0.1) is 5.56 Å². The van der Waals surface area contributed by atoms with Gasteiger partial charge in [0.1, 0.15) is 5.82 Å². The number of piperidine rings is 1. The van der Waals surface area contributed by atoms with Gasteiger partial charge in [-0.15, -0.1) is 0 Å². The lowest BCUT2D eigenvalue weighted by Gasteiger charge is -2.35. The van der Waals surface area contributed by atoms with Gasteiger partial charge in [-0.05, 0) is 43.9 Å². The van der Waals surface area contributed by atoms with Gasteiger partial charge in [0.15, 0.2) is 0 Å². The maximum absolute atomic E-state index is 13.8. The molecular formula is C15H17ClFNO3. The zero-order valence-corrected chi connectivity index (χ0v) is 12.3. The van der Waals surface area contributed by atoms with Gasteiger partial charge in [0.25, 0.3) is 5.91 Å². The fourth-order valence-electron chi connectivity index (χ4n) is 2.67. The summed E-state index contributed by atoms with van der Waals surface area (Å²) in [5.41, 5.74) is -0.0512. The second kappa shape index (κ2) is 6.89. The number of rotatable bonds is 4. The lowest BCUT2D eigenvalue weighted by molar-refractivity contribution is -0.137. The maximum Gasteiger partial charge on any atom is 0.303 e. The number of carbonyl (C=O) groups excluding carboxylic acids is 1. The minimum Gasteiger partial charge on any atom is -0.481 e. The van der Waals surface area contributed by atoms with E-state index in [9.17, 15) is 14.0 Å². The van der Waals surface area contributed by atoms with Crippen LogP contribution < -0.4 is 0 Å².